The third kappa shape index (κ3) is 3.64. The number of hydrogen-bond donors (Lipinski definition) is 1. The molecule has 0 radical (unpaired) electrons. The number of benzene rings is 2. The fraction of sp³-hybridized carbons (Fsp3) is 0.250. The molecule has 0 saturated heterocycles. The van der Waals surface area contributed by atoms with Crippen molar-refractivity contribution in [3.8, 4) is 0 Å². The molecule has 1 aromatic heterocycles. The number of nitrogens with zero attached hydrogens (tertiary/aromatic N) is 1. The van der Waals surface area contributed by atoms with Gasteiger partial charge in [0.25, 0.3) is 0 Å². The first-order valence-corrected chi connectivity index (χ1v) is 10.7. The molecule has 2 aromatic carbocycles. The molecule has 1 unspecified atom stereocenters. The molecule has 9 heteroatoms. The molecule has 0 aliphatic carbocycles. The Morgan fingerprint density at radius 1 is 1.17 bits per heavy atom. The lowest BCUT2D eigenvalue weighted by Crippen LogP contribution is -2.40. The minimum Gasteiger partial charge on any atom is -0.459 e. The molecule has 1 amide bonds. The minimum absolute atomic E-state index is 0. The van der Waals surface area contributed by atoms with Crippen molar-refractivity contribution in [1.82, 2.24) is 10.2 Å². The van der Waals surface area contributed by atoms with Crippen molar-refractivity contribution in [1.29, 1.82) is 0 Å². The predicted molar refractivity (Wildman–Crippen MR) is 114 cm³/mol. The van der Waals surface area contributed by atoms with Crippen LogP contribution in [0.1, 0.15) is 17.4 Å². The normalized spacial score (nSPS) is 16.2. The van der Waals surface area contributed by atoms with E-state index in [2.05, 4.69) is 5.32 Å². The average Bonchev–Trinajstić information content (AvgIpc) is 3.07. The highest BCUT2D eigenvalue weighted by atomic mass is 35.5. The molecule has 1 atom stereocenters. The summed E-state index contributed by atoms with van der Waals surface area (Å²) in [6.45, 7) is 0.587. The zero-order valence-corrected chi connectivity index (χ0v) is 18.2. The van der Waals surface area contributed by atoms with Crippen LogP contribution in [0.5, 0.6) is 0 Å². The van der Waals surface area contributed by atoms with E-state index in [9.17, 15) is 13.2 Å². The summed E-state index contributed by atoms with van der Waals surface area (Å²) in [6.07, 6.45) is 0.596. The largest absolute Gasteiger partial charge is 0.459 e. The molecule has 1 aliphatic rings. The Labute approximate surface area is 180 Å². The van der Waals surface area contributed by atoms with Crippen LogP contribution in [0.3, 0.4) is 0 Å². The first kappa shape index (κ1) is 21.6. The van der Waals surface area contributed by atoms with Gasteiger partial charge in [0.15, 0.2) is 5.58 Å². The highest BCUT2D eigenvalue weighted by Gasteiger charge is 2.33. The predicted octanol–water partition coefficient (Wildman–Crippen LogP) is 3.62. The lowest BCUT2D eigenvalue weighted by Gasteiger charge is -2.25. The van der Waals surface area contributed by atoms with E-state index < -0.39 is 15.9 Å². The van der Waals surface area contributed by atoms with Crippen LogP contribution >= 0.6 is 24.0 Å². The summed E-state index contributed by atoms with van der Waals surface area (Å²) in [5.41, 5.74) is 1.06. The zero-order chi connectivity index (χ0) is 20.1. The van der Waals surface area contributed by atoms with Gasteiger partial charge >= 0.3 is 0 Å². The fourth-order valence-electron chi connectivity index (χ4n) is 3.49. The molecule has 29 heavy (non-hydrogen) atoms. The van der Waals surface area contributed by atoms with Crippen molar-refractivity contribution in [2.75, 3.05) is 20.6 Å². The Kier molecular flexibility index (Phi) is 5.96. The summed E-state index contributed by atoms with van der Waals surface area (Å²) in [7, 11) is -0.394. The molecule has 2 heterocycles. The van der Waals surface area contributed by atoms with Crippen LogP contribution < -0.4 is 5.32 Å². The van der Waals surface area contributed by atoms with Gasteiger partial charge in [-0.15, -0.1) is 12.4 Å². The van der Waals surface area contributed by atoms with Crippen molar-refractivity contribution in [2.24, 2.45) is 0 Å². The van der Waals surface area contributed by atoms with Gasteiger partial charge in [0.05, 0.1) is 14.8 Å². The number of fused-ring (bicyclic) bond motifs is 3. The van der Waals surface area contributed by atoms with E-state index in [0.717, 1.165) is 0 Å². The molecule has 154 valence electrons. The van der Waals surface area contributed by atoms with Gasteiger partial charge in [0, 0.05) is 38.0 Å². The van der Waals surface area contributed by atoms with E-state index in [0.29, 0.717) is 35.3 Å². The molecule has 0 bridgehead atoms. The molecular weight excluding hydrogens is 435 g/mol. The number of nitrogens with one attached hydrogen (secondary N) is 1. The molecule has 0 spiro atoms. The number of likely N-dealkylation sites (N-methyl/N-ethyl adjacent to an activating group) is 1. The summed E-state index contributed by atoms with van der Waals surface area (Å²) in [5.74, 6) is 0.529. The molecule has 0 saturated carbocycles. The zero-order valence-electron chi connectivity index (χ0n) is 15.8. The maximum atomic E-state index is 13.1. The smallest absolute Gasteiger partial charge is 0.243 e. The van der Waals surface area contributed by atoms with Crippen LogP contribution in [0.4, 0.5) is 0 Å². The third-order valence-corrected chi connectivity index (χ3v) is 6.90. The Balaban J connectivity index is 0.00000240. The van der Waals surface area contributed by atoms with Gasteiger partial charge in [-0.2, -0.15) is 0 Å². The van der Waals surface area contributed by atoms with Crippen LogP contribution in [0, 0.1) is 0 Å². The number of carbonyl (C=O) groups is 1. The van der Waals surface area contributed by atoms with Crippen LogP contribution in [-0.4, -0.2) is 39.9 Å². The van der Waals surface area contributed by atoms with Crippen molar-refractivity contribution >= 4 is 50.7 Å². The van der Waals surface area contributed by atoms with E-state index in [1.165, 1.54) is 23.1 Å². The van der Waals surface area contributed by atoms with E-state index in [1.807, 2.05) is 0 Å². The summed E-state index contributed by atoms with van der Waals surface area (Å²) in [5, 5.41) is 3.95. The number of rotatable bonds is 3. The Morgan fingerprint density at radius 2 is 1.86 bits per heavy atom. The van der Waals surface area contributed by atoms with E-state index in [-0.39, 0.29) is 33.1 Å². The number of sulfone groups is 1. The van der Waals surface area contributed by atoms with Gasteiger partial charge in [-0.05, 0) is 24.3 Å². The second-order valence-corrected chi connectivity index (χ2v) is 9.26. The van der Waals surface area contributed by atoms with E-state index in [1.54, 1.807) is 38.4 Å². The number of furan rings is 1. The van der Waals surface area contributed by atoms with Crippen molar-refractivity contribution in [3.63, 3.8) is 0 Å². The summed E-state index contributed by atoms with van der Waals surface area (Å²) >= 11 is 6.39. The molecule has 1 aliphatic heterocycles. The Hall–Kier alpha value is -2.06. The number of hydrogen-bond acceptors (Lipinski definition) is 5. The standard InChI is InChI=1S/C20H19ClN2O4S.ClH/c1-23(2)20(24)18-17-14-10-13(28(25,26)12-6-4-3-5-7-12)11-15(21)19(14)27-16(17)8-9-22-18;/h3-7,10-11,18,22H,8-9H2,1-2H3;1H. The topological polar surface area (TPSA) is 79.6 Å². The highest BCUT2D eigenvalue weighted by Crippen LogP contribution is 2.39. The van der Waals surface area contributed by atoms with Gasteiger partial charge in [-0.25, -0.2) is 8.42 Å². The van der Waals surface area contributed by atoms with Gasteiger partial charge in [-0.3, -0.25) is 4.79 Å². The summed E-state index contributed by atoms with van der Waals surface area (Å²) in [6, 6.07) is 10.5. The van der Waals surface area contributed by atoms with Crippen LogP contribution in [0.25, 0.3) is 11.0 Å². The lowest BCUT2D eigenvalue weighted by molar-refractivity contribution is -0.131. The number of carbonyl (C=O) groups excluding carboxylic acids is 1. The Bertz CT molecular complexity index is 1170. The SMILES string of the molecule is CN(C)C(=O)C1NCCc2oc3c(Cl)cc(S(=O)(=O)c4ccccc4)cc3c21.Cl. The number of halogens is 2. The average molecular weight is 455 g/mol. The molecule has 0 fully saturated rings. The maximum absolute atomic E-state index is 13.1. The molecule has 3 aromatic rings. The third-order valence-electron chi connectivity index (χ3n) is 4.87. The maximum Gasteiger partial charge on any atom is 0.243 e. The minimum atomic E-state index is -3.75. The monoisotopic (exact) mass is 454 g/mol. The van der Waals surface area contributed by atoms with Crippen LogP contribution in [0.15, 0.2) is 56.7 Å². The molecule has 6 nitrogen and oxygen atoms in total. The summed E-state index contributed by atoms with van der Waals surface area (Å²) in [4.78, 5) is 14.4. The second kappa shape index (κ2) is 7.99. The quantitative estimate of drug-likeness (QED) is 0.653. The first-order chi connectivity index (χ1) is 13.3. The van der Waals surface area contributed by atoms with Crippen LogP contribution in [0.2, 0.25) is 5.02 Å². The molecule has 4 rings (SSSR count). The van der Waals surface area contributed by atoms with Gasteiger partial charge in [-0.1, -0.05) is 29.8 Å². The van der Waals surface area contributed by atoms with Gasteiger partial charge in [0.1, 0.15) is 11.8 Å². The van der Waals surface area contributed by atoms with E-state index >= 15 is 0 Å². The van der Waals surface area contributed by atoms with Crippen molar-refractivity contribution < 1.29 is 17.6 Å². The van der Waals surface area contributed by atoms with Gasteiger partial charge < -0.3 is 14.6 Å². The lowest BCUT2D eigenvalue weighted by atomic mass is 9.97. The summed E-state index contributed by atoms with van der Waals surface area (Å²) < 4.78 is 32.0. The fourth-order valence-corrected chi connectivity index (χ4v) is 5.15. The van der Waals surface area contributed by atoms with Crippen molar-refractivity contribution in [3.05, 3.63) is 58.8 Å². The van der Waals surface area contributed by atoms with Gasteiger partial charge in [0.2, 0.25) is 15.7 Å². The second-order valence-electron chi connectivity index (χ2n) is 6.91. The molecular formula is C20H20Cl2N2O4S. The van der Waals surface area contributed by atoms with E-state index in [4.69, 9.17) is 16.0 Å². The first-order valence-electron chi connectivity index (χ1n) is 8.80. The van der Waals surface area contributed by atoms with Crippen molar-refractivity contribution in [2.45, 2.75) is 22.3 Å². The molecule has 1 N–H and O–H groups in total. The highest BCUT2D eigenvalue weighted by molar-refractivity contribution is 7.91. The Morgan fingerprint density at radius 3 is 2.52 bits per heavy atom. The van der Waals surface area contributed by atoms with Crippen LogP contribution in [-0.2, 0) is 21.1 Å². The number of amides is 1.